The SMILES string of the molecule is CCc1nn(CC)c(CC(C)(O)COC)c1Cl. The third-order valence-electron chi connectivity index (χ3n) is 2.70. The molecule has 0 spiro atoms. The van der Waals surface area contributed by atoms with Crippen molar-refractivity contribution >= 4 is 11.6 Å². The molecule has 98 valence electrons. The van der Waals surface area contributed by atoms with Crippen LogP contribution < -0.4 is 0 Å². The average molecular weight is 261 g/mol. The van der Waals surface area contributed by atoms with Crippen molar-refractivity contribution in [2.75, 3.05) is 13.7 Å². The number of rotatable bonds is 6. The summed E-state index contributed by atoms with van der Waals surface area (Å²) in [5.74, 6) is 0. The zero-order valence-corrected chi connectivity index (χ0v) is 11.7. The van der Waals surface area contributed by atoms with E-state index in [0.717, 1.165) is 24.4 Å². The lowest BCUT2D eigenvalue weighted by Crippen LogP contribution is -2.33. The molecule has 0 amide bonds. The smallest absolute Gasteiger partial charge is 0.0907 e. The molecule has 1 aromatic heterocycles. The molecule has 0 aliphatic heterocycles. The van der Waals surface area contributed by atoms with Gasteiger partial charge in [0.2, 0.25) is 0 Å². The molecule has 1 aromatic rings. The Labute approximate surface area is 108 Å². The summed E-state index contributed by atoms with van der Waals surface area (Å²) in [6, 6.07) is 0. The standard InChI is InChI=1S/C12H21ClN2O2/c1-5-9-11(13)10(15(6-2)14-9)7-12(3,16)8-17-4/h16H,5-8H2,1-4H3. The van der Waals surface area contributed by atoms with Gasteiger partial charge < -0.3 is 9.84 Å². The number of aryl methyl sites for hydroxylation is 2. The average Bonchev–Trinajstić information content (AvgIpc) is 2.55. The number of methoxy groups -OCH3 is 1. The second-order valence-electron chi connectivity index (χ2n) is 4.48. The Morgan fingerprint density at radius 2 is 2.12 bits per heavy atom. The molecule has 4 nitrogen and oxygen atoms in total. The van der Waals surface area contributed by atoms with Gasteiger partial charge in [-0.3, -0.25) is 4.68 Å². The van der Waals surface area contributed by atoms with Gasteiger partial charge in [-0.15, -0.1) is 0 Å². The van der Waals surface area contributed by atoms with E-state index >= 15 is 0 Å². The third-order valence-corrected chi connectivity index (χ3v) is 3.13. The molecule has 0 saturated heterocycles. The summed E-state index contributed by atoms with van der Waals surface area (Å²) in [5, 5.41) is 15.3. The van der Waals surface area contributed by atoms with Gasteiger partial charge in [-0.05, 0) is 20.3 Å². The summed E-state index contributed by atoms with van der Waals surface area (Å²) >= 11 is 6.28. The topological polar surface area (TPSA) is 47.3 Å². The molecule has 1 unspecified atom stereocenters. The molecule has 0 aliphatic carbocycles. The Morgan fingerprint density at radius 1 is 1.47 bits per heavy atom. The van der Waals surface area contributed by atoms with Crippen molar-refractivity contribution in [1.82, 2.24) is 9.78 Å². The summed E-state index contributed by atoms with van der Waals surface area (Å²) in [6.45, 7) is 6.80. The van der Waals surface area contributed by atoms with Gasteiger partial charge in [-0.25, -0.2) is 0 Å². The van der Waals surface area contributed by atoms with E-state index in [2.05, 4.69) is 5.10 Å². The van der Waals surface area contributed by atoms with E-state index in [1.54, 1.807) is 14.0 Å². The highest BCUT2D eigenvalue weighted by atomic mass is 35.5. The van der Waals surface area contributed by atoms with E-state index in [9.17, 15) is 5.11 Å². The van der Waals surface area contributed by atoms with Crippen LogP contribution in [0.1, 0.15) is 32.2 Å². The van der Waals surface area contributed by atoms with Crippen LogP contribution >= 0.6 is 11.6 Å². The van der Waals surface area contributed by atoms with Crippen molar-refractivity contribution in [2.45, 2.75) is 45.8 Å². The Bertz CT molecular complexity index is 375. The first-order valence-corrected chi connectivity index (χ1v) is 6.28. The lowest BCUT2D eigenvalue weighted by molar-refractivity contribution is -0.0173. The van der Waals surface area contributed by atoms with Gasteiger partial charge in [-0.2, -0.15) is 5.10 Å². The molecule has 1 heterocycles. The number of halogens is 1. The van der Waals surface area contributed by atoms with Crippen LogP contribution in [-0.2, 0) is 24.1 Å². The van der Waals surface area contributed by atoms with Gasteiger partial charge in [0.05, 0.1) is 28.6 Å². The lowest BCUT2D eigenvalue weighted by Gasteiger charge is -2.22. The molecule has 0 aliphatic rings. The van der Waals surface area contributed by atoms with E-state index in [-0.39, 0.29) is 6.61 Å². The first-order valence-electron chi connectivity index (χ1n) is 5.90. The summed E-state index contributed by atoms with van der Waals surface area (Å²) in [5.41, 5.74) is 0.848. The van der Waals surface area contributed by atoms with Crippen molar-refractivity contribution in [3.63, 3.8) is 0 Å². The number of nitrogens with zero attached hydrogens (tertiary/aromatic N) is 2. The maximum absolute atomic E-state index is 10.2. The minimum Gasteiger partial charge on any atom is -0.387 e. The zero-order valence-electron chi connectivity index (χ0n) is 11.0. The molecule has 0 saturated carbocycles. The largest absolute Gasteiger partial charge is 0.387 e. The van der Waals surface area contributed by atoms with Crippen LogP contribution in [0.4, 0.5) is 0 Å². The van der Waals surface area contributed by atoms with Gasteiger partial charge in [-0.1, -0.05) is 18.5 Å². The Morgan fingerprint density at radius 3 is 2.59 bits per heavy atom. The molecule has 0 bridgehead atoms. The first kappa shape index (κ1) is 14.5. The summed E-state index contributed by atoms with van der Waals surface area (Å²) in [6.07, 6.45) is 1.24. The van der Waals surface area contributed by atoms with Crippen molar-refractivity contribution in [3.8, 4) is 0 Å². The van der Waals surface area contributed by atoms with E-state index in [1.807, 2.05) is 18.5 Å². The molecule has 1 N–H and O–H groups in total. The highest BCUT2D eigenvalue weighted by Crippen LogP contribution is 2.25. The highest BCUT2D eigenvalue weighted by Gasteiger charge is 2.26. The fourth-order valence-electron chi connectivity index (χ4n) is 1.91. The molecule has 0 aromatic carbocycles. The van der Waals surface area contributed by atoms with Crippen molar-refractivity contribution in [3.05, 3.63) is 16.4 Å². The van der Waals surface area contributed by atoms with Crippen molar-refractivity contribution in [1.29, 1.82) is 0 Å². The fraction of sp³-hybridized carbons (Fsp3) is 0.750. The molecule has 17 heavy (non-hydrogen) atoms. The van der Waals surface area contributed by atoms with E-state index < -0.39 is 5.60 Å². The van der Waals surface area contributed by atoms with Gasteiger partial charge in [0.1, 0.15) is 0 Å². The van der Waals surface area contributed by atoms with Crippen LogP contribution in [0, 0.1) is 0 Å². The second-order valence-corrected chi connectivity index (χ2v) is 4.86. The summed E-state index contributed by atoms with van der Waals surface area (Å²) in [4.78, 5) is 0. The highest BCUT2D eigenvalue weighted by molar-refractivity contribution is 6.31. The number of aromatic nitrogens is 2. The van der Waals surface area contributed by atoms with Crippen LogP contribution in [0.3, 0.4) is 0 Å². The number of hydrogen-bond donors (Lipinski definition) is 1. The predicted octanol–water partition coefficient (Wildman–Crippen LogP) is 2.06. The molecule has 0 radical (unpaired) electrons. The fourth-order valence-corrected chi connectivity index (χ4v) is 2.24. The van der Waals surface area contributed by atoms with Gasteiger partial charge in [0, 0.05) is 20.1 Å². The summed E-state index contributed by atoms with van der Waals surface area (Å²) < 4.78 is 6.86. The molecular formula is C12H21ClN2O2. The first-order chi connectivity index (χ1) is 7.95. The van der Waals surface area contributed by atoms with Crippen molar-refractivity contribution < 1.29 is 9.84 Å². The number of ether oxygens (including phenoxy) is 1. The zero-order chi connectivity index (χ0) is 13.1. The molecule has 0 fully saturated rings. The monoisotopic (exact) mass is 260 g/mol. The van der Waals surface area contributed by atoms with Crippen molar-refractivity contribution in [2.24, 2.45) is 0 Å². The maximum atomic E-state index is 10.2. The van der Waals surface area contributed by atoms with E-state index in [0.29, 0.717) is 11.4 Å². The molecule has 1 atom stereocenters. The quantitative estimate of drug-likeness (QED) is 0.852. The van der Waals surface area contributed by atoms with Gasteiger partial charge >= 0.3 is 0 Å². The Balaban J connectivity index is 3.00. The predicted molar refractivity (Wildman–Crippen MR) is 68.5 cm³/mol. The van der Waals surface area contributed by atoms with Crippen LogP contribution in [0.2, 0.25) is 5.02 Å². The summed E-state index contributed by atoms with van der Waals surface area (Å²) in [7, 11) is 1.57. The number of hydrogen-bond acceptors (Lipinski definition) is 3. The van der Waals surface area contributed by atoms with E-state index in [1.165, 1.54) is 0 Å². The minimum atomic E-state index is -0.920. The molecular weight excluding hydrogens is 240 g/mol. The van der Waals surface area contributed by atoms with Crippen LogP contribution in [0.5, 0.6) is 0 Å². The minimum absolute atomic E-state index is 0.277. The Hall–Kier alpha value is -0.580. The van der Waals surface area contributed by atoms with Crippen LogP contribution in [0.15, 0.2) is 0 Å². The normalized spacial score (nSPS) is 14.9. The lowest BCUT2D eigenvalue weighted by atomic mass is 10.0. The van der Waals surface area contributed by atoms with Gasteiger partial charge in [0.25, 0.3) is 0 Å². The van der Waals surface area contributed by atoms with Gasteiger partial charge in [0.15, 0.2) is 0 Å². The Kier molecular flexibility index (Phi) is 4.98. The second kappa shape index (κ2) is 5.85. The maximum Gasteiger partial charge on any atom is 0.0907 e. The molecule has 1 rings (SSSR count). The van der Waals surface area contributed by atoms with Crippen LogP contribution in [0.25, 0.3) is 0 Å². The van der Waals surface area contributed by atoms with Crippen LogP contribution in [-0.4, -0.2) is 34.2 Å². The molecule has 5 heteroatoms. The number of aliphatic hydroxyl groups is 1. The van der Waals surface area contributed by atoms with E-state index in [4.69, 9.17) is 16.3 Å². The third kappa shape index (κ3) is 3.44.